The lowest BCUT2D eigenvalue weighted by Crippen LogP contribution is -2.21. The second-order valence-electron chi connectivity index (χ2n) is 5.74. The van der Waals surface area contributed by atoms with Crippen molar-refractivity contribution in [3.8, 4) is 5.69 Å². The first-order chi connectivity index (χ1) is 11.9. The average molecular weight is 348 g/mol. The molecular weight excluding hydrogens is 324 g/mol. The Bertz CT molecular complexity index is 614. The number of likely N-dealkylation sites (tertiary alicyclic amines) is 1. The Hall–Kier alpha value is -1.41. The molecule has 7 heteroatoms. The van der Waals surface area contributed by atoms with Gasteiger partial charge in [-0.05, 0) is 38.1 Å². The Morgan fingerprint density at radius 2 is 1.88 bits per heavy atom. The van der Waals surface area contributed by atoms with Gasteiger partial charge in [0.2, 0.25) is 0 Å². The molecule has 1 aliphatic rings. The molecule has 0 unspecified atom stereocenters. The summed E-state index contributed by atoms with van der Waals surface area (Å²) in [4.78, 5) is 2.43. The summed E-state index contributed by atoms with van der Waals surface area (Å²) in [6, 6.07) is 10.3. The molecule has 1 aromatic carbocycles. The topological polar surface area (TPSA) is 63.4 Å². The minimum atomic E-state index is 0.0604. The molecule has 0 radical (unpaired) electrons. The zero-order valence-corrected chi connectivity index (χ0v) is 14.6. The number of hydrogen-bond acceptors (Lipinski definition) is 6. The summed E-state index contributed by atoms with van der Waals surface area (Å²) in [6.07, 6.45) is 2.53. The van der Waals surface area contributed by atoms with Gasteiger partial charge in [-0.2, -0.15) is 0 Å². The van der Waals surface area contributed by atoms with Crippen LogP contribution >= 0.6 is 11.8 Å². The van der Waals surface area contributed by atoms with Gasteiger partial charge in [0.15, 0.2) is 11.0 Å². The summed E-state index contributed by atoms with van der Waals surface area (Å²) in [6.45, 7) is 4.15. The van der Waals surface area contributed by atoms with Gasteiger partial charge in [0.1, 0.15) is 0 Å². The van der Waals surface area contributed by atoms with Gasteiger partial charge in [0, 0.05) is 11.4 Å². The first kappa shape index (κ1) is 17.4. The monoisotopic (exact) mass is 348 g/mol. The minimum absolute atomic E-state index is 0.0604. The van der Waals surface area contributed by atoms with Crippen LogP contribution in [0, 0.1) is 0 Å². The van der Waals surface area contributed by atoms with Gasteiger partial charge in [0.05, 0.1) is 26.4 Å². The smallest absolute Gasteiger partial charge is 0.195 e. The molecule has 0 bridgehead atoms. The maximum atomic E-state index is 8.75. The fraction of sp³-hybridized carbons (Fsp3) is 0.529. The van der Waals surface area contributed by atoms with E-state index in [4.69, 9.17) is 9.84 Å². The second kappa shape index (κ2) is 9.17. The largest absolute Gasteiger partial charge is 0.394 e. The number of aliphatic hydroxyl groups is 1. The molecule has 0 atom stereocenters. The van der Waals surface area contributed by atoms with Crippen LogP contribution in [0.4, 0.5) is 0 Å². The number of hydrogen-bond donors (Lipinski definition) is 1. The number of benzene rings is 1. The predicted molar refractivity (Wildman–Crippen MR) is 94.5 cm³/mol. The quantitative estimate of drug-likeness (QED) is 0.552. The van der Waals surface area contributed by atoms with Crippen LogP contribution in [0.25, 0.3) is 5.69 Å². The molecule has 24 heavy (non-hydrogen) atoms. The third-order valence-electron chi connectivity index (χ3n) is 3.97. The number of para-hydroxylation sites is 1. The Morgan fingerprint density at radius 3 is 2.62 bits per heavy atom. The van der Waals surface area contributed by atoms with Crippen molar-refractivity contribution in [1.29, 1.82) is 0 Å². The molecule has 1 fully saturated rings. The average Bonchev–Trinajstić information content (AvgIpc) is 3.26. The summed E-state index contributed by atoms with van der Waals surface area (Å²) in [5.41, 5.74) is 1.09. The summed E-state index contributed by atoms with van der Waals surface area (Å²) in [5.74, 6) is 1.77. The van der Waals surface area contributed by atoms with E-state index in [-0.39, 0.29) is 6.61 Å². The Balaban J connectivity index is 1.73. The third kappa shape index (κ3) is 4.57. The van der Waals surface area contributed by atoms with Crippen molar-refractivity contribution < 1.29 is 9.84 Å². The zero-order chi connectivity index (χ0) is 16.6. The standard InChI is InChI=1S/C17H24N4O2S/c22-10-11-23-12-13-24-17-19-18-16(14-20-8-4-5-9-20)21(17)15-6-2-1-3-7-15/h1-3,6-7,22H,4-5,8-14H2. The van der Waals surface area contributed by atoms with Crippen LogP contribution in [0.1, 0.15) is 18.7 Å². The first-order valence-corrected chi connectivity index (χ1v) is 9.40. The lowest BCUT2D eigenvalue weighted by Gasteiger charge is -2.15. The Morgan fingerprint density at radius 1 is 1.08 bits per heavy atom. The van der Waals surface area contributed by atoms with Crippen LogP contribution in [-0.4, -0.2) is 63.4 Å². The van der Waals surface area contributed by atoms with Gasteiger partial charge >= 0.3 is 0 Å². The summed E-state index contributed by atoms with van der Waals surface area (Å²) < 4.78 is 7.48. The molecule has 3 rings (SSSR count). The van der Waals surface area contributed by atoms with E-state index in [0.717, 1.165) is 42.1 Å². The van der Waals surface area contributed by atoms with Crippen molar-refractivity contribution in [3.63, 3.8) is 0 Å². The van der Waals surface area contributed by atoms with Gasteiger partial charge in [-0.15, -0.1) is 10.2 Å². The van der Waals surface area contributed by atoms with E-state index in [9.17, 15) is 0 Å². The van der Waals surface area contributed by atoms with E-state index in [1.165, 1.54) is 12.8 Å². The van der Waals surface area contributed by atoms with Crippen LogP contribution in [0.2, 0.25) is 0 Å². The highest BCUT2D eigenvalue weighted by molar-refractivity contribution is 7.99. The van der Waals surface area contributed by atoms with Crippen LogP contribution in [0.3, 0.4) is 0 Å². The zero-order valence-electron chi connectivity index (χ0n) is 13.8. The molecule has 2 heterocycles. The van der Waals surface area contributed by atoms with Crippen molar-refractivity contribution in [2.75, 3.05) is 38.7 Å². The number of nitrogens with zero attached hydrogens (tertiary/aromatic N) is 4. The van der Waals surface area contributed by atoms with Crippen molar-refractivity contribution in [2.45, 2.75) is 24.5 Å². The number of rotatable bonds is 9. The van der Waals surface area contributed by atoms with Crippen molar-refractivity contribution in [2.24, 2.45) is 0 Å². The first-order valence-electron chi connectivity index (χ1n) is 8.42. The van der Waals surface area contributed by atoms with E-state index < -0.39 is 0 Å². The molecule has 0 saturated carbocycles. The molecule has 1 aliphatic heterocycles. The van der Waals surface area contributed by atoms with E-state index in [0.29, 0.717) is 13.2 Å². The maximum absolute atomic E-state index is 8.75. The van der Waals surface area contributed by atoms with Gasteiger partial charge < -0.3 is 9.84 Å². The summed E-state index contributed by atoms with van der Waals surface area (Å²) in [7, 11) is 0. The van der Waals surface area contributed by atoms with Crippen molar-refractivity contribution >= 4 is 11.8 Å². The SMILES string of the molecule is OCCOCCSc1nnc(CN2CCCC2)n1-c1ccccc1. The molecule has 1 aromatic heterocycles. The minimum Gasteiger partial charge on any atom is -0.394 e. The number of aromatic nitrogens is 3. The van der Waals surface area contributed by atoms with Gasteiger partial charge in [-0.3, -0.25) is 9.47 Å². The molecule has 0 spiro atoms. The maximum Gasteiger partial charge on any atom is 0.195 e. The van der Waals surface area contributed by atoms with E-state index in [1.54, 1.807) is 11.8 Å². The van der Waals surface area contributed by atoms with E-state index >= 15 is 0 Å². The van der Waals surface area contributed by atoms with Gasteiger partial charge in [0.25, 0.3) is 0 Å². The summed E-state index contributed by atoms with van der Waals surface area (Å²) >= 11 is 1.64. The third-order valence-corrected chi connectivity index (χ3v) is 4.87. The van der Waals surface area contributed by atoms with Gasteiger partial charge in [-0.1, -0.05) is 30.0 Å². The fourth-order valence-electron chi connectivity index (χ4n) is 2.83. The van der Waals surface area contributed by atoms with Crippen LogP contribution in [0.15, 0.2) is 35.5 Å². The molecule has 130 valence electrons. The number of thioether (sulfide) groups is 1. The second-order valence-corrected chi connectivity index (χ2v) is 6.80. The van der Waals surface area contributed by atoms with Gasteiger partial charge in [-0.25, -0.2) is 0 Å². The molecule has 1 N–H and O–H groups in total. The normalized spacial score (nSPS) is 15.2. The predicted octanol–water partition coefficient (Wildman–Crippen LogP) is 1.96. The van der Waals surface area contributed by atoms with Crippen LogP contribution < -0.4 is 0 Å². The molecule has 0 amide bonds. The Labute approximate surface area is 146 Å². The molecule has 2 aromatic rings. The fourth-order valence-corrected chi connectivity index (χ4v) is 3.65. The highest BCUT2D eigenvalue weighted by atomic mass is 32.2. The van der Waals surface area contributed by atoms with Crippen LogP contribution in [-0.2, 0) is 11.3 Å². The molecule has 1 saturated heterocycles. The highest BCUT2D eigenvalue weighted by Crippen LogP contribution is 2.23. The van der Waals surface area contributed by atoms with Crippen LogP contribution in [0.5, 0.6) is 0 Å². The lowest BCUT2D eigenvalue weighted by molar-refractivity contribution is 0.103. The van der Waals surface area contributed by atoms with Crippen molar-refractivity contribution in [3.05, 3.63) is 36.2 Å². The molecular formula is C17H24N4O2S. The summed E-state index contributed by atoms with van der Waals surface area (Å²) in [5, 5.41) is 18.5. The molecule has 6 nitrogen and oxygen atoms in total. The highest BCUT2D eigenvalue weighted by Gasteiger charge is 2.19. The van der Waals surface area contributed by atoms with Crippen molar-refractivity contribution in [1.82, 2.24) is 19.7 Å². The number of ether oxygens (including phenoxy) is 1. The van der Waals surface area contributed by atoms with E-state index in [2.05, 4.69) is 31.8 Å². The van der Waals surface area contributed by atoms with E-state index in [1.807, 2.05) is 18.2 Å². The lowest BCUT2D eigenvalue weighted by atomic mass is 10.3. The number of aliphatic hydroxyl groups excluding tert-OH is 1. The Kier molecular flexibility index (Phi) is 6.66. The molecule has 0 aliphatic carbocycles.